The summed E-state index contributed by atoms with van der Waals surface area (Å²) < 4.78 is 58.2. The Morgan fingerprint density at radius 3 is 1.72 bits per heavy atom. The molecule has 9 nitrogen and oxygen atoms in total. The van der Waals surface area contributed by atoms with Crippen molar-refractivity contribution in [3.05, 3.63) is 144 Å². The maximum absolute atomic E-state index is 6.84. The normalized spacial score (nSPS) is 31.2. The molecule has 4 aromatic rings. The van der Waals surface area contributed by atoms with E-state index in [0.717, 1.165) is 22.3 Å². The van der Waals surface area contributed by atoms with Gasteiger partial charge in [0.1, 0.15) is 30.5 Å². The first-order chi connectivity index (χ1) is 24.6. The van der Waals surface area contributed by atoms with Gasteiger partial charge in [0.25, 0.3) is 0 Å². The highest BCUT2D eigenvalue weighted by molar-refractivity contribution is 5.18. The van der Waals surface area contributed by atoms with Gasteiger partial charge in [-0.3, -0.25) is 0 Å². The van der Waals surface area contributed by atoms with Crippen molar-refractivity contribution in [3.8, 4) is 0 Å². The van der Waals surface area contributed by atoms with E-state index in [1.807, 2.05) is 104 Å². The van der Waals surface area contributed by atoms with Gasteiger partial charge in [0.2, 0.25) is 0 Å². The van der Waals surface area contributed by atoms with Gasteiger partial charge in [0, 0.05) is 19.1 Å². The second kappa shape index (κ2) is 17.2. The maximum Gasteiger partial charge on any atom is 0.186 e. The highest BCUT2D eigenvalue weighted by atomic mass is 16.8. The predicted molar refractivity (Wildman–Crippen MR) is 185 cm³/mol. The molecule has 7 rings (SSSR count). The second-order valence-electron chi connectivity index (χ2n) is 12.9. The molecule has 5 unspecified atom stereocenters. The van der Waals surface area contributed by atoms with Gasteiger partial charge in [-0.15, -0.1) is 0 Å². The molecular weight excluding hydrogens is 636 g/mol. The Balaban J connectivity index is 1.11. The Hall–Kier alpha value is -3.48. The molecule has 3 aliphatic rings. The van der Waals surface area contributed by atoms with Crippen molar-refractivity contribution < 1.29 is 42.6 Å². The molecule has 0 N–H and O–H groups in total. The molecule has 10 atom stereocenters. The minimum absolute atomic E-state index is 0.309. The second-order valence-corrected chi connectivity index (χ2v) is 12.9. The van der Waals surface area contributed by atoms with Gasteiger partial charge in [-0.1, -0.05) is 121 Å². The summed E-state index contributed by atoms with van der Waals surface area (Å²) in [5.74, 6) is 0. The predicted octanol–water partition coefficient (Wildman–Crippen LogP) is 6.75. The molecule has 264 valence electrons. The van der Waals surface area contributed by atoms with Crippen molar-refractivity contribution in [1.29, 1.82) is 0 Å². The van der Waals surface area contributed by atoms with Crippen molar-refractivity contribution >= 4 is 0 Å². The summed E-state index contributed by atoms with van der Waals surface area (Å²) in [5, 5.41) is 0. The van der Waals surface area contributed by atoms with Gasteiger partial charge in [0.05, 0.1) is 38.6 Å². The maximum atomic E-state index is 6.84. The molecule has 0 aliphatic carbocycles. The van der Waals surface area contributed by atoms with Crippen molar-refractivity contribution in [2.45, 2.75) is 94.8 Å². The van der Waals surface area contributed by atoms with E-state index in [1.165, 1.54) is 0 Å². The number of hydrogen-bond acceptors (Lipinski definition) is 9. The zero-order valence-corrected chi connectivity index (χ0v) is 28.5. The number of benzene rings is 4. The SMILES string of the molecule is CO[C@H]1OC2COC(c3ccccc3)O[C@H]2C(OCc2ccccc2)C1O[C@@H]1C[C@@H](OCc2ccccc2)[C@@H](OCc2ccccc2)C(C)O1. The third-order valence-corrected chi connectivity index (χ3v) is 9.39. The third-order valence-electron chi connectivity index (χ3n) is 9.39. The first kappa shape index (κ1) is 34.9. The van der Waals surface area contributed by atoms with Gasteiger partial charge in [-0.2, -0.15) is 0 Å². The summed E-state index contributed by atoms with van der Waals surface area (Å²) in [4.78, 5) is 0. The van der Waals surface area contributed by atoms with Crippen LogP contribution in [0.3, 0.4) is 0 Å². The van der Waals surface area contributed by atoms with Crippen molar-refractivity contribution in [1.82, 2.24) is 0 Å². The summed E-state index contributed by atoms with van der Waals surface area (Å²) in [7, 11) is 1.61. The van der Waals surface area contributed by atoms with Crippen LogP contribution in [0.4, 0.5) is 0 Å². The highest BCUT2D eigenvalue weighted by Crippen LogP contribution is 2.38. The lowest BCUT2D eigenvalue weighted by Crippen LogP contribution is -2.64. The molecule has 3 aliphatic heterocycles. The van der Waals surface area contributed by atoms with E-state index in [0.29, 0.717) is 32.8 Å². The van der Waals surface area contributed by atoms with E-state index in [1.54, 1.807) is 7.11 Å². The van der Waals surface area contributed by atoms with Crippen LogP contribution in [0.1, 0.15) is 41.9 Å². The Labute approximate surface area is 294 Å². The van der Waals surface area contributed by atoms with Gasteiger partial charge in [-0.05, 0) is 23.6 Å². The van der Waals surface area contributed by atoms with Crippen LogP contribution in [0, 0.1) is 0 Å². The van der Waals surface area contributed by atoms with Crippen LogP contribution >= 0.6 is 0 Å². The van der Waals surface area contributed by atoms with Gasteiger partial charge in [-0.25, -0.2) is 0 Å². The lowest BCUT2D eigenvalue weighted by molar-refractivity contribution is -0.387. The van der Waals surface area contributed by atoms with Crippen molar-refractivity contribution in [3.63, 3.8) is 0 Å². The van der Waals surface area contributed by atoms with Crippen LogP contribution in [0.5, 0.6) is 0 Å². The van der Waals surface area contributed by atoms with E-state index < -0.39 is 43.3 Å². The largest absolute Gasteiger partial charge is 0.371 e. The van der Waals surface area contributed by atoms with Crippen molar-refractivity contribution in [2.24, 2.45) is 0 Å². The number of fused-ring (bicyclic) bond motifs is 1. The van der Waals surface area contributed by atoms with Crippen LogP contribution < -0.4 is 0 Å². The van der Waals surface area contributed by atoms with Crippen LogP contribution in [0.2, 0.25) is 0 Å². The third kappa shape index (κ3) is 8.69. The van der Waals surface area contributed by atoms with Gasteiger partial charge in [0.15, 0.2) is 18.9 Å². The van der Waals surface area contributed by atoms with Crippen LogP contribution in [0.25, 0.3) is 0 Å². The van der Waals surface area contributed by atoms with Gasteiger partial charge >= 0.3 is 0 Å². The minimum Gasteiger partial charge on any atom is -0.371 e. The summed E-state index contributed by atoms with van der Waals surface area (Å²) in [6.07, 6.45) is -4.70. The Morgan fingerprint density at radius 2 is 1.14 bits per heavy atom. The summed E-state index contributed by atoms with van der Waals surface area (Å²) >= 11 is 0. The summed E-state index contributed by atoms with van der Waals surface area (Å²) in [6, 6.07) is 40.2. The summed E-state index contributed by atoms with van der Waals surface area (Å²) in [6.45, 7) is 3.55. The number of hydrogen-bond donors (Lipinski definition) is 0. The van der Waals surface area contributed by atoms with Crippen molar-refractivity contribution in [2.75, 3.05) is 13.7 Å². The average Bonchev–Trinajstić information content (AvgIpc) is 3.17. The summed E-state index contributed by atoms with van der Waals surface area (Å²) in [5.41, 5.74) is 4.12. The van der Waals surface area contributed by atoms with Crippen LogP contribution in [-0.4, -0.2) is 69.0 Å². The smallest absolute Gasteiger partial charge is 0.186 e. The average molecular weight is 683 g/mol. The van der Waals surface area contributed by atoms with E-state index in [-0.39, 0.29) is 18.3 Å². The Kier molecular flexibility index (Phi) is 12.0. The molecule has 0 saturated carbocycles. The molecule has 0 aromatic heterocycles. The highest BCUT2D eigenvalue weighted by Gasteiger charge is 2.53. The fourth-order valence-corrected chi connectivity index (χ4v) is 6.83. The Bertz CT molecular complexity index is 1560. The molecule has 0 amide bonds. The van der Waals surface area contributed by atoms with E-state index in [4.69, 9.17) is 42.6 Å². The quantitative estimate of drug-likeness (QED) is 0.152. The molecule has 3 fully saturated rings. The molecule has 3 heterocycles. The number of methoxy groups -OCH3 is 1. The first-order valence-electron chi connectivity index (χ1n) is 17.4. The molecule has 0 bridgehead atoms. The molecular formula is C41H46O9. The zero-order chi connectivity index (χ0) is 34.1. The zero-order valence-electron chi connectivity index (χ0n) is 28.5. The monoisotopic (exact) mass is 682 g/mol. The molecule has 4 aromatic carbocycles. The minimum atomic E-state index is -0.757. The molecule has 50 heavy (non-hydrogen) atoms. The van der Waals surface area contributed by atoms with E-state index in [2.05, 4.69) is 24.3 Å². The molecule has 9 heteroatoms. The first-order valence-corrected chi connectivity index (χ1v) is 17.4. The number of rotatable bonds is 13. The fourth-order valence-electron chi connectivity index (χ4n) is 6.83. The lowest BCUT2D eigenvalue weighted by atomic mass is 9.96. The number of ether oxygens (including phenoxy) is 9. The van der Waals surface area contributed by atoms with Gasteiger partial charge < -0.3 is 42.6 Å². The topological polar surface area (TPSA) is 83.1 Å². The standard InChI is InChI=1S/C41H46O9/c1-28-36(44-25-30-17-9-4-10-18-30)33(43-24-29-15-7-3-8-16-29)23-35(47-28)49-39-38(45-26-31-19-11-5-12-20-31)37-34(48-41(39)42-2)27-46-40(50-37)32-21-13-6-14-22-32/h3-22,28,33-41H,23-27H2,1-2H3/t28?,33-,34?,35-,36+,37-,38?,39?,40?,41+/m1/s1. The Morgan fingerprint density at radius 1 is 0.600 bits per heavy atom. The molecule has 3 saturated heterocycles. The van der Waals surface area contributed by atoms with Crippen LogP contribution in [0.15, 0.2) is 121 Å². The van der Waals surface area contributed by atoms with E-state index >= 15 is 0 Å². The molecule has 0 radical (unpaired) electrons. The van der Waals surface area contributed by atoms with Crippen LogP contribution in [-0.2, 0) is 62.5 Å². The fraction of sp³-hybridized carbons (Fsp3) is 0.415. The van der Waals surface area contributed by atoms with E-state index in [9.17, 15) is 0 Å². The molecule has 0 spiro atoms. The lowest BCUT2D eigenvalue weighted by Gasteiger charge is -2.50.